The number of nitrogens with zero attached hydrogens (tertiary/aromatic N) is 2. The summed E-state index contributed by atoms with van der Waals surface area (Å²) in [5.41, 5.74) is 0. The molecule has 0 aromatic heterocycles. The number of carbonyl (C=O) groups is 2. The third-order valence-corrected chi connectivity index (χ3v) is 6.44. The first kappa shape index (κ1) is 47.0. The Labute approximate surface area is 254 Å². The molecule has 13 nitrogen and oxygen atoms in total. The van der Waals surface area contributed by atoms with Crippen molar-refractivity contribution in [2.45, 2.75) is 13.8 Å². The quantitative estimate of drug-likeness (QED) is 0.128. The van der Waals surface area contributed by atoms with Crippen molar-refractivity contribution in [3.05, 3.63) is 0 Å². The van der Waals surface area contributed by atoms with E-state index in [1.54, 1.807) is 0 Å². The zero-order chi connectivity index (χ0) is 31.3. The fraction of sp³-hybridized carbons (Fsp3) is 0.895. The Morgan fingerprint density at radius 3 is 1.38 bits per heavy atom. The molecule has 0 aliphatic rings. The Kier molecular flexibility index (Phi) is 38.4. The van der Waals surface area contributed by atoms with Gasteiger partial charge in [-0.15, -0.1) is 0 Å². The van der Waals surface area contributed by atoms with Crippen molar-refractivity contribution >= 4 is 80.5 Å². The third-order valence-electron chi connectivity index (χ3n) is 3.43. The van der Waals surface area contributed by atoms with Crippen LogP contribution in [0.25, 0.3) is 0 Å². The van der Waals surface area contributed by atoms with E-state index in [4.69, 9.17) is 34.0 Å². The van der Waals surface area contributed by atoms with Gasteiger partial charge >= 0.3 is 13.0 Å². The molecule has 4 N–H and O–H groups in total. The number of phosphoric ester groups is 1. The summed E-state index contributed by atoms with van der Waals surface area (Å²) in [7, 11) is 1.36. The minimum absolute atomic E-state index is 0.0256. The number of aliphatic hydroxyl groups excluding tert-OH is 4. The molecule has 0 amide bonds. The lowest BCUT2D eigenvalue weighted by molar-refractivity contribution is -0.109. The molecule has 0 aliphatic carbocycles. The fourth-order valence-corrected chi connectivity index (χ4v) is 3.57. The van der Waals surface area contributed by atoms with Crippen LogP contribution in [0.1, 0.15) is 13.8 Å². The van der Waals surface area contributed by atoms with Gasteiger partial charge in [0.2, 0.25) is 0 Å². The maximum Gasteiger partial charge on any atom is 0.474 e. The van der Waals surface area contributed by atoms with Crippen molar-refractivity contribution < 1.29 is 52.7 Å². The van der Waals surface area contributed by atoms with Crippen molar-refractivity contribution in [1.29, 1.82) is 0 Å². The molecule has 238 valence electrons. The lowest BCUT2D eigenvalue weighted by Gasteiger charge is -2.18. The monoisotopic (exact) mass is 706 g/mol. The van der Waals surface area contributed by atoms with E-state index in [9.17, 15) is 18.7 Å². The van der Waals surface area contributed by atoms with Gasteiger partial charge < -0.3 is 30.2 Å². The second kappa shape index (κ2) is 31.9. The van der Waals surface area contributed by atoms with Crippen LogP contribution >= 0.6 is 70.3 Å². The Hall–Kier alpha value is 1.01. The van der Waals surface area contributed by atoms with Gasteiger partial charge in [0.25, 0.3) is 0 Å². The average Bonchev–Trinajstić information content (AvgIpc) is 2.81. The number of hydrogen-bond acceptors (Lipinski definition) is 15. The highest BCUT2D eigenvalue weighted by atomic mass is 36.0. The molecule has 1 atom stereocenters. The van der Waals surface area contributed by atoms with Gasteiger partial charge in [0, 0.05) is 58.6 Å². The first-order valence-electron chi connectivity index (χ1n) is 11.2. The van der Waals surface area contributed by atoms with E-state index in [-0.39, 0.29) is 49.9 Å². The molecule has 0 spiro atoms. The van der Waals surface area contributed by atoms with Gasteiger partial charge in [-0.1, -0.05) is 23.5 Å². The molecule has 0 saturated carbocycles. The largest absolute Gasteiger partial charge is 0.474 e. The van der Waals surface area contributed by atoms with E-state index < -0.39 is 13.0 Å². The summed E-state index contributed by atoms with van der Waals surface area (Å²) < 4.78 is 36.3. The predicted molar refractivity (Wildman–Crippen MR) is 161 cm³/mol. The molecule has 0 rings (SSSR count). The summed E-state index contributed by atoms with van der Waals surface area (Å²) >= 11 is 16.1. The zero-order valence-electron chi connectivity index (χ0n) is 22.9. The topological polar surface area (TPSA) is 183 Å². The van der Waals surface area contributed by atoms with Crippen LogP contribution in [0.4, 0.5) is 0 Å². The smallest absolute Gasteiger partial charge is 0.396 e. The van der Waals surface area contributed by atoms with Crippen molar-refractivity contribution in [3.8, 4) is 0 Å². The molecule has 0 radical (unpaired) electrons. The molecule has 0 fully saturated rings. The molecular weight excluding hydrogens is 665 g/mol. The highest BCUT2D eigenvalue weighted by molar-refractivity contribution is 8.24. The number of thioether (sulfide) groups is 2. The van der Waals surface area contributed by atoms with Gasteiger partial charge in [0.1, 0.15) is 0 Å². The van der Waals surface area contributed by atoms with Crippen LogP contribution in [-0.4, -0.2) is 139 Å². The number of hydrogen-bond donors (Lipinski definition) is 4. The van der Waals surface area contributed by atoms with Crippen molar-refractivity contribution in [1.82, 2.24) is 9.80 Å². The first-order valence-corrected chi connectivity index (χ1v) is 19.1. The maximum absolute atomic E-state index is 11.9. The summed E-state index contributed by atoms with van der Waals surface area (Å²) in [4.78, 5) is 24.4. The molecule has 0 aromatic carbocycles. The van der Waals surface area contributed by atoms with Gasteiger partial charge in [0.15, 0.2) is 10.2 Å². The molecule has 39 heavy (non-hydrogen) atoms. The van der Waals surface area contributed by atoms with Gasteiger partial charge in [-0.05, 0) is 47.8 Å². The minimum Gasteiger partial charge on any atom is -0.396 e. The SMILES string of the molecule is CC(=O)SCCO.CN(CCO)CCO.COP(=O)(OCCSC(C)=O)OCCN(C)CCO.O=P(Cl)(Cl)Cl. The molecule has 0 saturated heterocycles. The van der Waals surface area contributed by atoms with Gasteiger partial charge in [-0.2, -0.15) is 0 Å². The second-order valence-electron chi connectivity index (χ2n) is 6.88. The first-order chi connectivity index (χ1) is 18.0. The van der Waals surface area contributed by atoms with E-state index >= 15 is 0 Å². The number of likely N-dealkylation sites (N-methyl/N-ethyl adjacent to an activating group) is 2. The third kappa shape index (κ3) is 52.1. The number of halogens is 3. The summed E-state index contributed by atoms with van der Waals surface area (Å²) in [6.07, 6.45) is 0. The number of aliphatic hydroxyl groups is 4. The Balaban J connectivity index is -0.000000250. The summed E-state index contributed by atoms with van der Waals surface area (Å²) in [5, 5.41) is 30.4. The van der Waals surface area contributed by atoms with E-state index in [0.29, 0.717) is 37.7 Å². The van der Waals surface area contributed by atoms with Crippen molar-refractivity contribution in [2.24, 2.45) is 0 Å². The van der Waals surface area contributed by atoms with Gasteiger partial charge in [0.05, 0.1) is 39.6 Å². The Morgan fingerprint density at radius 1 is 0.718 bits per heavy atom. The zero-order valence-corrected chi connectivity index (χ0v) is 28.6. The summed E-state index contributed by atoms with van der Waals surface area (Å²) in [6.45, 7) is 5.98. The second-order valence-corrected chi connectivity index (χ2v) is 17.8. The van der Waals surface area contributed by atoms with Crippen LogP contribution in [0.15, 0.2) is 0 Å². The summed E-state index contributed by atoms with van der Waals surface area (Å²) in [6, 6.07) is 0. The normalized spacial score (nSPS) is 12.4. The molecule has 20 heteroatoms. The summed E-state index contributed by atoms with van der Waals surface area (Å²) in [5.74, 6) is 0.922. The lowest BCUT2D eigenvalue weighted by atomic mass is 10.5. The van der Waals surface area contributed by atoms with Crippen LogP contribution in [0.3, 0.4) is 0 Å². The standard InChI is InChI=1S/C10H22NO6PS.C5H13NO2.C4H8O2S.Cl3OP/c1-10(13)19-9-8-17-18(14,15-3)16-7-5-11(2)4-6-12;1-6(2-4-7)3-5-8;1-4(6)7-3-2-5;1-5(2,3)4/h12H,4-9H2,1-3H3;7-8H,2-5H2,1H3;5H,2-3H2,1H3;. The van der Waals surface area contributed by atoms with Gasteiger partial charge in [-0.3, -0.25) is 27.7 Å². The van der Waals surface area contributed by atoms with Crippen LogP contribution in [0.2, 0.25) is 0 Å². The predicted octanol–water partition coefficient (Wildman–Crippen LogP) is 2.95. The molecule has 1 unspecified atom stereocenters. The van der Waals surface area contributed by atoms with Crippen molar-refractivity contribution in [2.75, 3.05) is 98.5 Å². The fourth-order valence-electron chi connectivity index (χ4n) is 1.71. The van der Waals surface area contributed by atoms with E-state index in [1.165, 1.54) is 21.0 Å². The molecule has 0 aromatic rings. The van der Waals surface area contributed by atoms with Crippen LogP contribution in [-0.2, 0) is 32.3 Å². The molecular formula is C19H43Cl3N2O11P2S2. The minimum atomic E-state index is -3.55. The number of rotatable bonds is 17. The maximum atomic E-state index is 11.9. The van der Waals surface area contributed by atoms with Gasteiger partial charge in [-0.25, -0.2) is 4.57 Å². The average molecular weight is 708 g/mol. The van der Waals surface area contributed by atoms with Crippen molar-refractivity contribution in [3.63, 3.8) is 0 Å². The number of carbonyl (C=O) groups excluding carboxylic acids is 2. The Bertz CT molecular complexity index is 672. The van der Waals surface area contributed by atoms with Crippen LogP contribution in [0, 0.1) is 0 Å². The highest BCUT2D eigenvalue weighted by Crippen LogP contribution is 2.61. The van der Waals surface area contributed by atoms with Crippen LogP contribution < -0.4 is 0 Å². The van der Waals surface area contributed by atoms with Crippen LogP contribution in [0.5, 0.6) is 0 Å². The molecule has 0 bridgehead atoms. The molecule has 0 aliphatic heterocycles. The van der Waals surface area contributed by atoms with E-state index in [1.807, 2.05) is 23.9 Å². The lowest BCUT2D eigenvalue weighted by Crippen LogP contribution is -2.26. The van der Waals surface area contributed by atoms with E-state index in [0.717, 1.165) is 23.5 Å². The molecule has 0 heterocycles. The van der Waals surface area contributed by atoms with E-state index in [2.05, 4.69) is 33.7 Å². The highest BCUT2D eigenvalue weighted by Gasteiger charge is 2.24. The Morgan fingerprint density at radius 2 is 1.08 bits per heavy atom. The number of phosphoric acid groups is 1.